The predicted octanol–water partition coefficient (Wildman–Crippen LogP) is 2.92. The maximum Gasteiger partial charge on any atom is 0.251 e. The van der Waals surface area contributed by atoms with E-state index >= 15 is 0 Å². The lowest BCUT2D eigenvalue weighted by molar-refractivity contribution is -0.120. The highest BCUT2D eigenvalue weighted by Gasteiger charge is 2.15. The van der Waals surface area contributed by atoms with Gasteiger partial charge in [-0.3, -0.25) is 9.59 Å². The third kappa shape index (κ3) is 5.08. The van der Waals surface area contributed by atoms with Crippen molar-refractivity contribution in [2.75, 3.05) is 13.7 Å². The fourth-order valence-corrected chi connectivity index (χ4v) is 2.53. The Kier molecular flexibility index (Phi) is 6.17. The lowest BCUT2D eigenvalue weighted by atomic mass is 10.0. The van der Waals surface area contributed by atoms with Crippen molar-refractivity contribution in [3.05, 3.63) is 64.7 Å². The Hall–Kier alpha value is -2.82. The van der Waals surface area contributed by atoms with E-state index in [0.717, 1.165) is 22.4 Å². The van der Waals surface area contributed by atoms with Crippen LogP contribution in [-0.2, 0) is 4.79 Å². The van der Waals surface area contributed by atoms with Gasteiger partial charge in [-0.15, -0.1) is 0 Å². The maximum atomic E-state index is 12.1. The molecule has 0 bridgehead atoms. The Morgan fingerprint density at radius 2 is 1.68 bits per heavy atom. The second kappa shape index (κ2) is 8.33. The van der Waals surface area contributed by atoms with E-state index in [1.807, 2.05) is 51.1 Å². The minimum atomic E-state index is -0.268. The highest BCUT2D eigenvalue weighted by Crippen LogP contribution is 2.25. The highest BCUT2D eigenvalue weighted by atomic mass is 16.5. The van der Waals surface area contributed by atoms with Crippen molar-refractivity contribution in [1.29, 1.82) is 0 Å². The normalized spacial score (nSPS) is 11.5. The molecule has 25 heavy (non-hydrogen) atoms. The van der Waals surface area contributed by atoms with Crippen LogP contribution in [0.5, 0.6) is 5.75 Å². The van der Waals surface area contributed by atoms with Crippen LogP contribution in [0.2, 0.25) is 0 Å². The molecule has 1 atom stereocenters. The van der Waals surface area contributed by atoms with Gasteiger partial charge in [0.15, 0.2) is 0 Å². The van der Waals surface area contributed by atoms with Crippen molar-refractivity contribution in [1.82, 2.24) is 10.6 Å². The molecule has 0 unspecified atom stereocenters. The van der Waals surface area contributed by atoms with Crippen LogP contribution in [0.25, 0.3) is 0 Å². The first-order chi connectivity index (χ1) is 11.9. The molecule has 2 aromatic carbocycles. The van der Waals surface area contributed by atoms with Gasteiger partial charge in [0.1, 0.15) is 5.75 Å². The van der Waals surface area contributed by atoms with Crippen LogP contribution in [0, 0.1) is 13.8 Å². The number of methoxy groups -OCH3 is 1. The Morgan fingerprint density at radius 1 is 1.04 bits per heavy atom. The quantitative estimate of drug-likeness (QED) is 0.850. The number of hydrogen-bond acceptors (Lipinski definition) is 3. The van der Waals surface area contributed by atoms with E-state index in [0.29, 0.717) is 5.56 Å². The summed E-state index contributed by atoms with van der Waals surface area (Å²) in [4.78, 5) is 24.2. The highest BCUT2D eigenvalue weighted by molar-refractivity contribution is 5.96. The summed E-state index contributed by atoms with van der Waals surface area (Å²) in [5.74, 6) is 0.203. The van der Waals surface area contributed by atoms with Crippen LogP contribution in [0.1, 0.15) is 40.0 Å². The molecule has 0 saturated heterocycles. The Labute approximate surface area is 148 Å². The molecular formula is C20H24N2O3. The smallest absolute Gasteiger partial charge is 0.251 e. The number of rotatable bonds is 6. The molecule has 0 aromatic heterocycles. The number of aryl methyl sites for hydroxylation is 2. The van der Waals surface area contributed by atoms with Crippen molar-refractivity contribution >= 4 is 11.8 Å². The summed E-state index contributed by atoms with van der Waals surface area (Å²) in [6.45, 7) is 5.75. The van der Waals surface area contributed by atoms with E-state index in [4.69, 9.17) is 4.74 Å². The number of nitrogens with one attached hydrogen (secondary N) is 2. The van der Waals surface area contributed by atoms with Crippen LogP contribution >= 0.6 is 0 Å². The molecule has 2 N–H and O–H groups in total. The van der Waals surface area contributed by atoms with Gasteiger partial charge in [0.2, 0.25) is 5.91 Å². The fourth-order valence-electron chi connectivity index (χ4n) is 2.53. The summed E-state index contributed by atoms with van der Waals surface area (Å²) in [5, 5.41) is 5.51. The zero-order valence-corrected chi connectivity index (χ0v) is 15.1. The van der Waals surface area contributed by atoms with Crippen molar-refractivity contribution in [2.45, 2.75) is 26.8 Å². The molecule has 0 fully saturated rings. The molecule has 0 saturated carbocycles. The van der Waals surface area contributed by atoms with Crippen LogP contribution < -0.4 is 15.4 Å². The third-order valence-electron chi connectivity index (χ3n) is 3.95. The van der Waals surface area contributed by atoms with E-state index in [1.165, 1.54) is 0 Å². The average Bonchev–Trinajstić information content (AvgIpc) is 2.60. The molecule has 132 valence electrons. The number of hydrogen-bond donors (Lipinski definition) is 2. The zero-order valence-electron chi connectivity index (χ0n) is 15.1. The largest absolute Gasteiger partial charge is 0.496 e. The summed E-state index contributed by atoms with van der Waals surface area (Å²) in [5.41, 5.74) is 3.60. The van der Waals surface area contributed by atoms with Crippen molar-refractivity contribution in [3.63, 3.8) is 0 Å². The number of carbonyl (C=O) groups is 2. The van der Waals surface area contributed by atoms with Crippen LogP contribution in [0.15, 0.2) is 42.5 Å². The van der Waals surface area contributed by atoms with Gasteiger partial charge in [-0.05, 0) is 39.0 Å². The topological polar surface area (TPSA) is 67.4 Å². The molecule has 5 nitrogen and oxygen atoms in total. The molecule has 2 rings (SSSR count). The monoisotopic (exact) mass is 340 g/mol. The first-order valence-electron chi connectivity index (χ1n) is 8.19. The molecule has 0 aliphatic carbocycles. The van der Waals surface area contributed by atoms with Crippen LogP contribution in [-0.4, -0.2) is 25.5 Å². The third-order valence-corrected chi connectivity index (χ3v) is 3.95. The Morgan fingerprint density at radius 3 is 2.32 bits per heavy atom. The summed E-state index contributed by atoms with van der Waals surface area (Å²) in [7, 11) is 1.60. The lowest BCUT2D eigenvalue weighted by Gasteiger charge is -2.18. The molecule has 0 radical (unpaired) electrons. The van der Waals surface area contributed by atoms with Gasteiger partial charge >= 0.3 is 0 Å². The SMILES string of the molecule is COc1ccc(C)cc1[C@@H](C)NC(=O)CNC(=O)c1ccc(C)cc1. The predicted molar refractivity (Wildman–Crippen MR) is 97.8 cm³/mol. The van der Waals surface area contributed by atoms with E-state index in [2.05, 4.69) is 10.6 Å². The number of benzene rings is 2. The van der Waals surface area contributed by atoms with Crippen LogP contribution in [0.4, 0.5) is 0 Å². The van der Waals surface area contributed by atoms with E-state index in [-0.39, 0.29) is 24.4 Å². The number of carbonyl (C=O) groups excluding carboxylic acids is 2. The van der Waals surface area contributed by atoms with Crippen LogP contribution in [0.3, 0.4) is 0 Å². The lowest BCUT2D eigenvalue weighted by Crippen LogP contribution is -2.38. The van der Waals surface area contributed by atoms with Gasteiger partial charge < -0.3 is 15.4 Å². The first-order valence-corrected chi connectivity index (χ1v) is 8.19. The summed E-state index contributed by atoms with van der Waals surface area (Å²) < 4.78 is 5.35. The van der Waals surface area contributed by atoms with Crippen molar-refractivity contribution in [2.24, 2.45) is 0 Å². The van der Waals surface area contributed by atoms with E-state index in [1.54, 1.807) is 19.2 Å². The Bertz CT molecular complexity index is 754. The van der Waals surface area contributed by atoms with Crippen molar-refractivity contribution in [3.8, 4) is 5.75 Å². The number of amides is 2. The molecular weight excluding hydrogens is 316 g/mol. The molecule has 2 amide bonds. The molecule has 2 aromatic rings. The molecule has 0 heterocycles. The summed E-state index contributed by atoms with van der Waals surface area (Å²) in [6, 6.07) is 12.8. The summed E-state index contributed by atoms with van der Waals surface area (Å²) in [6.07, 6.45) is 0. The molecule has 0 aliphatic rings. The second-order valence-corrected chi connectivity index (χ2v) is 6.08. The summed E-state index contributed by atoms with van der Waals surface area (Å²) >= 11 is 0. The minimum absolute atomic E-state index is 0.0782. The van der Waals surface area contributed by atoms with Gasteiger partial charge in [-0.25, -0.2) is 0 Å². The Balaban J connectivity index is 1.92. The van der Waals surface area contributed by atoms with Crippen molar-refractivity contribution < 1.29 is 14.3 Å². The molecule has 0 aliphatic heterocycles. The van der Waals surface area contributed by atoms with E-state index in [9.17, 15) is 9.59 Å². The average molecular weight is 340 g/mol. The van der Waals surface area contributed by atoms with E-state index < -0.39 is 0 Å². The van der Waals surface area contributed by atoms with Gasteiger partial charge in [0.25, 0.3) is 5.91 Å². The first kappa shape index (κ1) is 18.5. The van der Waals surface area contributed by atoms with Gasteiger partial charge in [-0.1, -0.05) is 35.4 Å². The van der Waals surface area contributed by atoms with Gasteiger partial charge in [-0.2, -0.15) is 0 Å². The standard InChI is InChI=1S/C20H24N2O3/c1-13-5-8-16(9-6-13)20(24)21-12-19(23)22-15(3)17-11-14(2)7-10-18(17)25-4/h5-11,15H,12H2,1-4H3,(H,21,24)(H,22,23)/t15-/m1/s1. The minimum Gasteiger partial charge on any atom is -0.496 e. The molecule has 0 spiro atoms. The number of ether oxygens (including phenoxy) is 1. The van der Waals surface area contributed by atoms with Gasteiger partial charge in [0, 0.05) is 11.1 Å². The zero-order chi connectivity index (χ0) is 18.4. The second-order valence-electron chi connectivity index (χ2n) is 6.08. The molecule has 5 heteroatoms. The maximum absolute atomic E-state index is 12.1. The fraction of sp³-hybridized carbons (Fsp3) is 0.300. The van der Waals surface area contributed by atoms with Gasteiger partial charge in [0.05, 0.1) is 19.7 Å².